The molecule has 1 aliphatic rings. The van der Waals surface area contributed by atoms with Gasteiger partial charge in [-0.1, -0.05) is 54.4 Å². The van der Waals surface area contributed by atoms with Gasteiger partial charge in [0.05, 0.1) is 18.2 Å². The Bertz CT molecular complexity index is 1080. The predicted octanol–water partition coefficient (Wildman–Crippen LogP) is 3.65. The van der Waals surface area contributed by atoms with Crippen LogP contribution < -0.4 is 14.8 Å². The smallest absolute Gasteiger partial charge is 0.236 e. The molecule has 1 aromatic heterocycles. The van der Waals surface area contributed by atoms with Crippen molar-refractivity contribution in [1.29, 1.82) is 0 Å². The van der Waals surface area contributed by atoms with Gasteiger partial charge in [0.15, 0.2) is 0 Å². The molecule has 9 heteroatoms. The van der Waals surface area contributed by atoms with Crippen molar-refractivity contribution in [1.82, 2.24) is 9.71 Å². The van der Waals surface area contributed by atoms with Crippen LogP contribution in [-0.2, 0) is 21.5 Å². The molecule has 0 unspecified atom stereocenters. The number of amides is 1. The number of nitrogens with one attached hydrogen (secondary N) is 2. The van der Waals surface area contributed by atoms with Crippen LogP contribution in [0.3, 0.4) is 0 Å². The van der Waals surface area contributed by atoms with Crippen LogP contribution in [0.2, 0.25) is 0 Å². The van der Waals surface area contributed by atoms with E-state index in [2.05, 4.69) is 34.3 Å². The first-order chi connectivity index (χ1) is 16.1. The van der Waals surface area contributed by atoms with E-state index in [1.807, 2.05) is 48.7 Å². The van der Waals surface area contributed by atoms with Gasteiger partial charge in [-0.15, -0.1) is 0 Å². The Balaban J connectivity index is 0.00000324. The van der Waals surface area contributed by atoms with Crippen LogP contribution in [0.25, 0.3) is 11.3 Å². The van der Waals surface area contributed by atoms with Crippen molar-refractivity contribution in [2.75, 3.05) is 31.9 Å². The third-order valence-corrected chi connectivity index (χ3v) is 6.52. The Labute approximate surface area is 213 Å². The van der Waals surface area contributed by atoms with Crippen LogP contribution in [-0.4, -0.2) is 48.4 Å². The van der Waals surface area contributed by atoms with Crippen molar-refractivity contribution < 1.29 is 28.1 Å². The summed E-state index contributed by atoms with van der Waals surface area (Å²) in [5, 5.41) is 3.08. The minimum absolute atomic E-state index is 0. The van der Waals surface area contributed by atoms with Crippen LogP contribution in [0.1, 0.15) is 26.8 Å². The highest BCUT2D eigenvalue weighted by Gasteiger charge is 2.42. The summed E-state index contributed by atoms with van der Waals surface area (Å²) in [5.41, 5.74) is 3.35. The fourth-order valence-electron chi connectivity index (χ4n) is 4.13. The fourth-order valence-corrected chi connectivity index (χ4v) is 4.44. The number of carbonyl (C=O) groups is 1. The molecule has 0 radical (unpaired) electrons. The lowest BCUT2D eigenvalue weighted by Crippen LogP contribution is -2.45. The number of benzene rings is 2. The van der Waals surface area contributed by atoms with Gasteiger partial charge in [0.25, 0.3) is 0 Å². The number of pyridine rings is 1. The number of methoxy groups -OCH3 is 1. The van der Waals surface area contributed by atoms with Crippen molar-refractivity contribution in [3.63, 3.8) is 0 Å². The highest BCUT2D eigenvalue weighted by molar-refractivity contribution is 7.96. The molecule has 3 aromatic rings. The zero-order valence-electron chi connectivity index (χ0n) is 20.0. The predicted molar refractivity (Wildman–Crippen MR) is 145 cm³/mol. The lowest BCUT2D eigenvalue weighted by molar-refractivity contribution is -0.125. The summed E-state index contributed by atoms with van der Waals surface area (Å²) in [5.74, 6) is 1.26. The van der Waals surface area contributed by atoms with Crippen LogP contribution >= 0.6 is 11.9 Å². The minimum Gasteiger partial charge on any atom is -0.497 e. The second-order valence-electron chi connectivity index (χ2n) is 8.01. The Kier molecular flexibility index (Phi) is 10.7. The Hall–Kier alpha value is -2.95. The lowest BCUT2D eigenvalue weighted by Gasteiger charge is -2.36. The quantitative estimate of drug-likeness (QED) is 0.450. The average Bonchev–Trinajstić information content (AvgIpc) is 2.88. The van der Waals surface area contributed by atoms with E-state index in [4.69, 9.17) is 14.5 Å². The average molecular weight is 504 g/mol. The van der Waals surface area contributed by atoms with Gasteiger partial charge in [-0.3, -0.25) is 9.52 Å². The summed E-state index contributed by atoms with van der Waals surface area (Å²) in [6.45, 7) is 1.90. The zero-order chi connectivity index (χ0) is 23.1. The van der Waals surface area contributed by atoms with Crippen LogP contribution in [0.15, 0.2) is 66.7 Å². The first kappa shape index (κ1) is 28.3. The van der Waals surface area contributed by atoms with E-state index in [-0.39, 0.29) is 19.7 Å². The monoisotopic (exact) mass is 503 g/mol. The summed E-state index contributed by atoms with van der Waals surface area (Å²) in [6.07, 6.45) is 3.25. The number of carbonyl (C=O) groups excluding carboxylic acids is 1. The van der Waals surface area contributed by atoms with E-state index in [0.717, 1.165) is 29.1 Å². The highest BCUT2D eigenvalue weighted by Crippen LogP contribution is 2.37. The fraction of sp³-hybridized carbons (Fsp3) is 0.308. The summed E-state index contributed by atoms with van der Waals surface area (Å²) >= 11 is 1.60. The molecular weight excluding hydrogens is 466 g/mol. The Morgan fingerprint density at radius 2 is 1.74 bits per heavy atom. The number of hydrogen-bond donors (Lipinski definition) is 2. The molecule has 8 nitrogen and oxygen atoms in total. The van der Waals surface area contributed by atoms with E-state index < -0.39 is 5.41 Å². The van der Waals surface area contributed by atoms with Crippen LogP contribution in [0.4, 0.5) is 5.82 Å². The number of rotatable bonds is 8. The van der Waals surface area contributed by atoms with Crippen LogP contribution in [0, 0.1) is 0 Å². The molecule has 2 aromatic carbocycles. The highest BCUT2D eigenvalue weighted by atomic mass is 32.2. The molecule has 1 saturated heterocycles. The second-order valence-corrected chi connectivity index (χ2v) is 8.70. The Morgan fingerprint density at radius 1 is 1.06 bits per heavy atom. The molecule has 0 spiro atoms. The van der Waals surface area contributed by atoms with Gasteiger partial charge in [0, 0.05) is 28.2 Å². The van der Waals surface area contributed by atoms with Gasteiger partial charge in [0.1, 0.15) is 11.6 Å². The van der Waals surface area contributed by atoms with E-state index in [9.17, 15) is 4.79 Å². The molecule has 0 aliphatic carbocycles. The third-order valence-electron chi connectivity index (χ3n) is 6.08. The number of anilines is 1. The van der Waals surface area contributed by atoms with Gasteiger partial charge in [-0.05, 0) is 54.5 Å². The number of aromatic nitrogens is 1. The van der Waals surface area contributed by atoms with Gasteiger partial charge >= 0.3 is 0 Å². The molecule has 0 saturated carbocycles. The summed E-state index contributed by atoms with van der Waals surface area (Å²) in [4.78, 5) is 18.3. The Morgan fingerprint density at radius 3 is 2.37 bits per heavy atom. The number of hydrogen-bond acceptors (Lipinski definition) is 6. The molecule has 2 heterocycles. The maximum absolute atomic E-state index is 13.6. The molecule has 6 N–H and O–H groups in total. The van der Waals surface area contributed by atoms with Gasteiger partial charge in [-0.25, -0.2) is 4.98 Å². The van der Waals surface area contributed by atoms with Gasteiger partial charge < -0.3 is 25.7 Å². The minimum atomic E-state index is -0.659. The molecule has 192 valence electrons. The summed E-state index contributed by atoms with van der Waals surface area (Å²) in [6, 6.07) is 21.8. The number of nitrogens with zero attached hydrogens (tertiary/aromatic N) is 1. The van der Waals surface area contributed by atoms with E-state index in [0.29, 0.717) is 31.9 Å². The zero-order valence-corrected chi connectivity index (χ0v) is 20.8. The molecule has 35 heavy (non-hydrogen) atoms. The van der Waals surface area contributed by atoms with Crippen molar-refractivity contribution in [3.8, 4) is 17.0 Å². The molecule has 0 bridgehead atoms. The van der Waals surface area contributed by atoms with Gasteiger partial charge in [0.2, 0.25) is 5.91 Å². The maximum Gasteiger partial charge on any atom is 0.236 e. The second kappa shape index (κ2) is 13.2. The molecule has 1 amide bonds. The van der Waals surface area contributed by atoms with E-state index in [1.54, 1.807) is 19.1 Å². The molecule has 4 rings (SSSR count). The maximum atomic E-state index is 13.6. The van der Waals surface area contributed by atoms with Crippen molar-refractivity contribution in [2.24, 2.45) is 0 Å². The topological polar surface area (TPSA) is 135 Å². The molecule has 0 atom stereocenters. The van der Waals surface area contributed by atoms with Gasteiger partial charge in [-0.2, -0.15) is 0 Å². The lowest BCUT2D eigenvalue weighted by atomic mass is 9.73. The van der Waals surface area contributed by atoms with Crippen molar-refractivity contribution in [3.05, 3.63) is 77.9 Å². The first-order valence-electron chi connectivity index (χ1n) is 11.0. The summed E-state index contributed by atoms with van der Waals surface area (Å²) in [7, 11) is 1.64. The van der Waals surface area contributed by atoms with E-state index >= 15 is 0 Å². The van der Waals surface area contributed by atoms with Crippen molar-refractivity contribution >= 4 is 23.7 Å². The largest absolute Gasteiger partial charge is 0.497 e. The third kappa shape index (κ3) is 6.59. The van der Waals surface area contributed by atoms with Crippen molar-refractivity contribution in [2.45, 2.75) is 24.8 Å². The normalized spacial score (nSPS) is 14.2. The van der Waals surface area contributed by atoms with E-state index in [1.165, 1.54) is 5.56 Å². The standard InChI is InChI=1S/C26H29N3O3S.2H2O.2H2/c1-31-22-12-10-21(11-13-22)26(14-16-32-17-15-26)25(30)29-24-5-3-4-23(28-24)20-8-6-19(7-9-20)18-27-33-2;;;;/h3-13,27H,14-18H2,1-2H3,(H,28,29,30);2*1H2;2*1H. The molecular formula is C26H37N3O5S. The molecule has 1 fully saturated rings. The first-order valence-corrected chi connectivity index (χ1v) is 12.2. The SMILES string of the molecule is COc1ccc(C2(C(=O)Nc3cccc(-c4ccc(CNSC)cc4)n3)CCOCC2)cc1.O.O.[HH].[HH]. The molecule has 1 aliphatic heterocycles. The number of ether oxygens (including phenoxy) is 2. The van der Waals surface area contributed by atoms with Crippen LogP contribution in [0.5, 0.6) is 5.75 Å². The summed E-state index contributed by atoms with van der Waals surface area (Å²) < 4.78 is 14.1.